The Kier molecular flexibility index (Phi) is 8.87. The Balaban J connectivity index is 0.930. The maximum atomic E-state index is 2.43. The van der Waals surface area contributed by atoms with E-state index in [9.17, 15) is 0 Å². The highest BCUT2D eigenvalue weighted by Gasteiger charge is 2.18. The molecular formula is C58H40N2. The molecule has 0 saturated carbocycles. The largest absolute Gasteiger partial charge is 0.311 e. The highest BCUT2D eigenvalue weighted by molar-refractivity contribution is 6.11. The molecule has 0 unspecified atom stereocenters. The molecule has 0 amide bonds. The number of benzene rings is 10. The average molecular weight is 765 g/mol. The second kappa shape index (κ2) is 15.1. The van der Waals surface area contributed by atoms with Gasteiger partial charge in [-0.15, -0.1) is 0 Å². The van der Waals surface area contributed by atoms with E-state index in [0.717, 1.165) is 28.3 Å². The molecule has 0 atom stereocenters. The minimum absolute atomic E-state index is 1.10. The highest BCUT2D eigenvalue weighted by atomic mass is 15.1. The number of aromatic nitrogens is 1. The van der Waals surface area contributed by atoms with Gasteiger partial charge in [-0.3, -0.25) is 0 Å². The molecule has 0 N–H and O–H groups in total. The van der Waals surface area contributed by atoms with Crippen molar-refractivity contribution >= 4 is 49.6 Å². The first kappa shape index (κ1) is 35.2. The number of rotatable bonds is 8. The van der Waals surface area contributed by atoms with Crippen LogP contribution in [0.2, 0.25) is 0 Å². The zero-order chi connectivity index (χ0) is 39.8. The van der Waals surface area contributed by atoms with Gasteiger partial charge in [0.25, 0.3) is 0 Å². The van der Waals surface area contributed by atoms with Gasteiger partial charge in [0.2, 0.25) is 0 Å². The van der Waals surface area contributed by atoms with Gasteiger partial charge in [-0.1, -0.05) is 182 Å². The summed E-state index contributed by atoms with van der Waals surface area (Å²) in [4.78, 5) is 2.33. The summed E-state index contributed by atoms with van der Waals surface area (Å²) in [6.45, 7) is 0. The maximum absolute atomic E-state index is 2.43. The van der Waals surface area contributed by atoms with Crippen molar-refractivity contribution in [2.24, 2.45) is 0 Å². The van der Waals surface area contributed by atoms with E-state index in [0.29, 0.717) is 0 Å². The van der Waals surface area contributed by atoms with E-state index in [1.165, 1.54) is 71.5 Å². The zero-order valence-corrected chi connectivity index (χ0v) is 33.0. The molecule has 0 saturated heterocycles. The lowest BCUT2D eigenvalue weighted by atomic mass is 9.96. The van der Waals surface area contributed by atoms with Gasteiger partial charge in [0.05, 0.1) is 16.7 Å². The lowest BCUT2D eigenvalue weighted by molar-refractivity contribution is 1.18. The maximum Gasteiger partial charge on any atom is 0.0541 e. The van der Waals surface area contributed by atoms with Crippen LogP contribution in [0.1, 0.15) is 0 Å². The summed E-state index contributed by atoms with van der Waals surface area (Å²) in [5, 5.41) is 5.03. The summed E-state index contributed by atoms with van der Waals surface area (Å²) in [5.41, 5.74) is 16.5. The summed E-state index contributed by atoms with van der Waals surface area (Å²) in [6.07, 6.45) is 0. The van der Waals surface area contributed by atoms with Crippen LogP contribution in [0.5, 0.6) is 0 Å². The molecule has 60 heavy (non-hydrogen) atoms. The van der Waals surface area contributed by atoms with Crippen LogP contribution < -0.4 is 4.90 Å². The van der Waals surface area contributed by atoms with Gasteiger partial charge in [-0.2, -0.15) is 0 Å². The number of fused-ring (bicyclic) bond motifs is 4. The Hall–Kier alpha value is -7.94. The first-order valence-electron chi connectivity index (χ1n) is 20.6. The molecule has 10 aromatic carbocycles. The molecule has 11 aromatic rings. The van der Waals surface area contributed by atoms with Crippen molar-refractivity contribution in [2.45, 2.75) is 0 Å². The molecule has 0 aliphatic heterocycles. The van der Waals surface area contributed by atoms with Crippen molar-refractivity contribution in [1.82, 2.24) is 4.57 Å². The van der Waals surface area contributed by atoms with Crippen LogP contribution in [-0.2, 0) is 0 Å². The summed E-state index contributed by atoms with van der Waals surface area (Å²) >= 11 is 0. The third kappa shape index (κ3) is 6.32. The quantitative estimate of drug-likeness (QED) is 0.150. The third-order valence-corrected chi connectivity index (χ3v) is 11.8. The highest BCUT2D eigenvalue weighted by Crippen LogP contribution is 2.40. The zero-order valence-electron chi connectivity index (χ0n) is 33.0. The molecular weight excluding hydrogens is 725 g/mol. The van der Waals surface area contributed by atoms with Crippen LogP contribution in [0.15, 0.2) is 243 Å². The van der Waals surface area contributed by atoms with Gasteiger partial charge in [0.15, 0.2) is 0 Å². The predicted molar refractivity (Wildman–Crippen MR) is 255 cm³/mol. The van der Waals surface area contributed by atoms with Crippen LogP contribution in [0, 0.1) is 0 Å². The lowest BCUT2D eigenvalue weighted by Crippen LogP contribution is -2.09. The summed E-state index contributed by atoms with van der Waals surface area (Å²) in [6, 6.07) is 87.7. The Labute approximate surface area is 350 Å². The Bertz CT molecular complexity index is 3270. The number of hydrogen-bond donors (Lipinski definition) is 0. The van der Waals surface area contributed by atoms with Gasteiger partial charge in [0.1, 0.15) is 0 Å². The van der Waals surface area contributed by atoms with E-state index in [1.54, 1.807) is 0 Å². The van der Waals surface area contributed by atoms with Crippen LogP contribution in [-0.4, -0.2) is 4.57 Å². The van der Waals surface area contributed by atoms with Crippen molar-refractivity contribution in [3.8, 4) is 50.2 Å². The molecule has 0 radical (unpaired) electrons. The van der Waals surface area contributed by atoms with Crippen LogP contribution in [0.25, 0.3) is 82.8 Å². The molecule has 0 aliphatic carbocycles. The molecule has 11 rings (SSSR count). The predicted octanol–water partition coefficient (Wildman–Crippen LogP) is 16.1. The fraction of sp³-hybridized carbons (Fsp3) is 0. The molecule has 0 aliphatic rings. The SMILES string of the molecule is c1ccc(-c2ccc3c(c2)c2ccccc2n3-c2ccccc2-c2ccc(N(c3ccccc3)c3ccc(-c4ccc(-c5cccc6ccccc56)cc4)cc3)cc2)cc1. The summed E-state index contributed by atoms with van der Waals surface area (Å²) in [7, 11) is 0. The van der Waals surface area contributed by atoms with Crippen LogP contribution in [0.3, 0.4) is 0 Å². The molecule has 0 spiro atoms. The van der Waals surface area contributed by atoms with Gasteiger partial charge in [-0.05, 0) is 110 Å². The van der Waals surface area contributed by atoms with Crippen molar-refractivity contribution in [2.75, 3.05) is 4.90 Å². The molecule has 2 heteroatoms. The number of nitrogens with zero attached hydrogens (tertiary/aromatic N) is 2. The Morgan fingerprint density at radius 2 is 0.733 bits per heavy atom. The van der Waals surface area contributed by atoms with Gasteiger partial charge in [-0.25, -0.2) is 0 Å². The minimum Gasteiger partial charge on any atom is -0.311 e. The van der Waals surface area contributed by atoms with E-state index in [4.69, 9.17) is 0 Å². The summed E-state index contributed by atoms with van der Waals surface area (Å²) < 4.78 is 2.43. The van der Waals surface area contributed by atoms with E-state index in [1.807, 2.05) is 0 Å². The van der Waals surface area contributed by atoms with E-state index in [-0.39, 0.29) is 0 Å². The minimum atomic E-state index is 1.10. The smallest absolute Gasteiger partial charge is 0.0541 e. The fourth-order valence-corrected chi connectivity index (χ4v) is 8.89. The molecule has 1 heterocycles. The Morgan fingerprint density at radius 3 is 1.48 bits per heavy atom. The second-order valence-corrected chi connectivity index (χ2v) is 15.3. The summed E-state index contributed by atoms with van der Waals surface area (Å²) in [5.74, 6) is 0. The average Bonchev–Trinajstić information content (AvgIpc) is 3.66. The number of hydrogen-bond acceptors (Lipinski definition) is 1. The Morgan fingerprint density at radius 1 is 0.267 bits per heavy atom. The normalized spacial score (nSPS) is 11.3. The standard InChI is InChI=1S/C58H40N2/c1-3-14-41(15-4-1)47-34-39-58-55(40-47)54-22-10-12-25-57(54)60(58)56-24-11-9-21-53(56)46-32-37-50(38-33-46)59(48-18-5-2-6-19-48)49-35-30-43(31-36-49)42-26-28-45(29-27-42)52-23-13-17-44-16-7-8-20-51(44)52/h1-40H. The van der Waals surface area contributed by atoms with Crippen LogP contribution >= 0.6 is 0 Å². The van der Waals surface area contributed by atoms with Crippen molar-refractivity contribution in [1.29, 1.82) is 0 Å². The van der Waals surface area contributed by atoms with E-state index < -0.39 is 0 Å². The first-order chi connectivity index (χ1) is 29.8. The molecule has 2 nitrogen and oxygen atoms in total. The molecule has 1 aromatic heterocycles. The third-order valence-electron chi connectivity index (χ3n) is 11.8. The van der Waals surface area contributed by atoms with Crippen molar-refractivity contribution in [3.05, 3.63) is 243 Å². The lowest BCUT2D eigenvalue weighted by Gasteiger charge is -2.26. The molecule has 282 valence electrons. The molecule has 0 fully saturated rings. The fourth-order valence-electron chi connectivity index (χ4n) is 8.89. The molecule has 0 bridgehead atoms. The monoisotopic (exact) mass is 764 g/mol. The van der Waals surface area contributed by atoms with E-state index in [2.05, 4.69) is 252 Å². The van der Waals surface area contributed by atoms with Crippen LogP contribution in [0.4, 0.5) is 17.1 Å². The number of para-hydroxylation sites is 3. The number of anilines is 3. The first-order valence-corrected chi connectivity index (χ1v) is 20.6. The van der Waals surface area contributed by atoms with Gasteiger partial charge < -0.3 is 9.47 Å². The second-order valence-electron chi connectivity index (χ2n) is 15.3. The topological polar surface area (TPSA) is 8.17 Å². The van der Waals surface area contributed by atoms with E-state index >= 15 is 0 Å². The van der Waals surface area contributed by atoms with Gasteiger partial charge in [0, 0.05) is 33.4 Å². The van der Waals surface area contributed by atoms with Gasteiger partial charge >= 0.3 is 0 Å². The van der Waals surface area contributed by atoms with Crippen molar-refractivity contribution in [3.63, 3.8) is 0 Å². The van der Waals surface area contributed by atoms with Crippen molar-refractivity contribution < 1.29 is 0 Å².